The molecule has 2 rings (SSSR count). The van der Waals surface area contributed by atoms with E-state index in [2.05, 4.69) is 0 Å². The van der Waals surface area contributed by atoms with Crippen molar-refractivity contribution in [3.05, 3.63) is 16.0 Å². The molecule has 1 aromatic heterocycles. The predicted molar refractivity (Wildman–Crippen MR) is 87.8 cm³/mol. The number of likely N-dealkylation sites (tertiary alicyclic amines) is 1. The number of carbonyl (C=O) groups is 2. The molecule has 0 spiro atoms. The number of anilines is 1. The first-order chi connectivity index (χ1) is 12.9. The van der Waals surface area contributed by atoms with E-state index in [0.717, 1.165) is 19.3 Å². The lowest BCUT2D eigenvalue weighted by Crippen LogP contribution is -2.45. The second kappa shape index (κ2) is 7.98. The molecule has 12 heteroatoms. The van der Waals surface area contributed by atoms with E-state index < -0.39 is 35.1 Å². The number of nitriles is 1. The maximum Gasteiger partial charge on any atom is 0.409 e. The van der Waals surface area contributed by atoms with Gasteiger partial charge >= 0.3 is 12.4 Å². The lowest BCUT2D eigenvalue weighted by atomic mass is 10.1. The lowest BCUT2D eigenvalue weighted by molar-refractivity contribution is -0.272. The van der Waals surface area contributed by atoms with Gasteiger partial charge in [-0.1, -0.05) is 0 Å². The number of piperidine rings is 1. The third kappa shape index (κ3) is 4.57. The van der Waals surface area contributed by atoms with Crippen molar-refractivity contribution in [2.24, 2.45) is 5.92 Å². The number of nitrogens with one attached hydrogen (secondary N) is 1. The fourth-order valence-corrected chi connectivity index (χ4v) is 3.98. The normalized spacial score (nSPS) is 15.5. The van der Waals surface area contributed by atoms with Crippen molar-refractivity contribution in [1.82, 2.24) is 4.90 Å². The molecule has 5 nitrogen and oxygen atoms in total. The molecular weight excluding hydrogens is 412 g/mol. The van der Waals surface area contributed by atoms with Crippen molar-refractivity contribution < 1.29 is 35.9 Å². The fraction of sp³-hybridized carbons (Fsp3) is 0.562. The van der Waals surface area contributed by atoms with E-state index in [9.17, 15) is 41.2 Å². The standard InChI is InChI=1S/C16H15F6N3O2S/c1-8-9(7-23)13(24-12(26)11(15(17,18)19)16(20,21)22)28-10(8)14(27)25-5-3-2-4-6-25/h11H,2-6H2,1H3,(H,24,26). The maximum atomic E-state index is 12.7. The summed E-state index contributed by atoms with van der Waals surface area (Å²) in [5.74, 6) is -7.06. The molecule has 0 bridgehead atoms. The highest BCUT2D eigenvalue weighted by molar-refractivity contribution is 7.18. The maximum absolute atomic E-state index is 12.7. The van der Waals surface area contributed by atoms with Gasteiger partial charge < -0.3 is 10.2 Å². The molecule has 2 amide bonds. The first kappa shape index (κ1) is 22.0. The SMILES string of the molecule is Cc1c(C(=O)N2CCCCC2)sc(NC(=O)C(C(F)(F)F)C(F)(F)F)c1C#N. The van der Waals surface area contributed by atoms with Gasteiger partial charge in [-0.3, -0.25) is 9.59 Å². The number of alkyl halides is 6. The number of halogens is 6. The third-order valence-corrected chi connectivity index (χ3v) is 5.44. The Morgan fingerprint density at radius 3 is 2.11 bits per heavy atom. The molecule has 1 aliphatic rings. The van der Waals surface area contributed by atoms with Gasteiger partial charge in [-0.2, -0.15) is 31.6 Å². The summed E-state index contributed by atoms with van der Waals surface area (Å²) in [7, 11) is 0. The summed E-state index contributed by atoms with van der Waals surface area (Å²) >= 11 is 0.499. The van der Waals surface area contributed by atoms with Crippen LogP contribution < -0.4 is 5.32 Å². The zero-order valence-electron chi connectivity index (χ0n) is 14.5. The van der Waals surface area contributed by atoms with Crippen LogP contribution >= 0.6 is 11.3 Å². The van der Waals surface area contributed by atoms with Crippen LogP contribution in [0.4, 0.5) is 31.3 Å². The number of hydrogen-bond acceptors (Lipinski definition) is 4. The Balaban J connectivity index is 2.34. The molecule has 1 aromatic rings. The van der Waals surface area contributed by atoms with Gasteiger partial charge in [0.2, 0.25) is 11.8 Å². The summed E-state index contributed by atoms with van der Waals surface area (Å²) in [4.78, 5) is 25.8. The summed E-state index contributed by atoms with van der Waals surface area (Å²) in [6.45, 7) is 2.28. The Morgan fingerprint density at radius 1 is 1.11 bits per heavy atom. The Labute approximate surface area is 159 Å². The summed E-state index contributed by atoms with van der Waals surface area (Å²) < 4.78 is 76.2. The summed E-state index contributed by atoms with van der Waals surface area (Å²) in [6, 6.07) is 1.63. The van der Waals surface area contributed by atoms with E-state index in [-0.39, 0.29) is 16.0 Å². The zero-order valence-corrected chi connectivity index (χ0v) is 15.3. The highest BCUT2D eigenvalue weighted by Gasteiger charge is 2.61. The topological polar surface area (TPSA) is 73.2 Å². The van der Waals surface area contributed by atoms with Crippen LogP contribution in [-0.4, -0.2) is 42.2 Å². The van der Waals surface area contributed by atoms with Gasteiger partial charge in [-0.25, -0.2) is 0 Å². The van der Waals surface area contributed by atoms with Crippen molar-refractivity contribution in [1.29, 1.82) is 5.26 Å². The minimum absolute atomic E-state index is 0.00400. The van der Waals surface area contributed by atoms with Gasteiger partial charge in [0.1, 0.15) is 11.1 Å². The van der Waals surface area contributed by atoms with Crippen LogP contribution in [0, 0.1) is 24.2 Å². The minimum atomic E-state index is -5.85. The number of amides is 2. The van der Waals surface area contributed by atoms with Crippen molar-refractivity contribution in [3.63, 3.8) is 0 Å². The number of rotatable bonds is 3. The molecule has 1 fully saturated rings. The van der Waals surface area contributed by atoms with Crippen molar-refractivity contribution in [3.8, 4) is 6.07 Å². The van der Waals surface area contributed by atoms with Crippen LogP contribution in [-0.2, 0) is 4.79 Å². The quantitative estimate of drug-likeness (QED) is 0.734. The van der Waals surface area contributed by atoms with Crippen LogP contribution in [0.25, 0.3) is 0 Å². The van der Waals surface area contributed by atoms with Gasteiger partial charge in [0.25, 0.3) is 5.91 Å². The van der Waals surface area contributed by atoms with Gasteiger partial charge in [-0.15, -0.1) is 11.3 Å². The minimum Gasteiger partial charge on any atom is -0.338 e. The van der Waals surface area contributed by atoms with E-state index >= 15 is 0 Å². The second-order valence-electron chi connectivity index (χ2n) is 6.23. The summed E-state index contributed by atoms with van der Waals surface area (Å²) in [5.41, 5.74) is -0.226. The van der Waals surface area contributed by atoms with Crippen LogP contribution in [0.2, 0.25) is 0 Å². The lowest BCUT2D eigenvalue weighted by Gasteiger charge is -2.26. The Kier molecular flexibility index (Phi) is 6.27. The number of carbonyl (C=O) groups excluding carboxylic acids is 2. The van der Waals surface area contributed by atoms with Gasteiger partial charge in [0.15, 0.2) is 0 Å². The molecule has 0 aliphatic carbocycles. The van der Waals surface area contributed by atoms with Crippen LogP contribution in [0.3, 0.4) is 0 Å². The van der Waals surface area contributed by atoms with Crippen LogP contribution in [0.15, 0.2) is 0 Å². The van der Waals surface area contributed by atoms with Crippen molar-refractivity contribution in [2.45, 2.75) is 38.5 Å². The molecule has 1 aliphatic heterocycles. The monoisotopic (exact) mass is 427 g/mol. The summed E-state index contributed by atoms with van der Waals surface area (Å²) in [5, 5.41) is 10.2. The molecule has 0 unspecified atom stereocenters. The smallest absolute Gasteiger partial charge is 0.338 e. The largest absolute Gasteiger partial charge is 0.409 e. The van der Waals surface area contributed by atoms with Crippen LogP contribution in [0.1, 0.15) is 40.1 Å². The molecule has 2 heterocycles. The molecule has 0 radical (unpaired) electrons. The Hall–Kier alpha value is -2.29. The Morgan fingerprint density at radius 2 is 1.64 bits per heavy atom. The third-order valence-electron chi connectivity index (χ3n) is 4.25. The number of nitrogens with zero attached hydrogens (tertiary/aromatic N) is 2. The van der Waals surface area contributed by atoms with E-state index in [1.54, 1.807) is 11.4 Å². The van der Waals surface area contributed by atoms with E-state index in [1.807, 2.05) is 0 Å². The molecule has 0 saturated carbocycles. The van der Waals surface area contributed by atoms with Gasteiger partial charge in [-0.05, 0) is 31.7 Å². The second-order valence-corrected chi connectivity index (χ2v) is 7.25. The van der Waals surface area contributed by atoms with Gasteiger partial charge in [0.05, 0.1) is 10.4 Å². The first-order valence-electron chi connectivity index (χ1n) is 8.15. The molecule has 1 N–H and O–H groups in total. The number of hydrogen-bond donors (Lipinski definition) is 1. The molecule has 28 heavy (non-hydrogen) atoms. The highest BCUT2D eigenvalue weighted by atomic mass is 32.1. The van der Waals surface area contributed by atoms with E-state index in [4.69, 9.17) is 0 Å². The average Bonchev–Trinajstić information content (AvgIpc) is 2.87. The van der Waals surface area contributed by atoms with Crippen molar-refractivity contribution in [2.75, 3.05) is 18.4 Å². The Bertz CT molecular complexity index is 789. The molecule has 0 aromatic carbocycles. The molecule has 0 atom stereocenters. The van der Waals surface area contributed by atoms with Crippen molar-refractivity contribution >= 4 is 28.2 Å². The highest BCUT2D eigenvalue weighted by Crippen LogP contribution is 2.41. The zero-order chi connectivity index (χ0) is 21.3. The molecule has 1 saturated heterocycles. The first-order valence-corrected chi connectivity index (χ1v) is 8.96. The van der Waals surface area contributed by atoms with Gasteiger partial charge in [0, 0.05) is 13.1 Å². The molecular formula is C16H15F6N3O2S. The fourth-order valence-electron chi connectivity index (χ4n) is 2.85. The predicted octanol–water partition coefficient (Wildman–Crippen LogP) is 4.23. The number of thiophene rings is 1. The van der Waals surface area contributed by atoms with E-state index in [0.29, 0.717) is 24.4 Å². The average molecular weight is 427 g/mol. The van der Waals surface area contributed by atoms with Crippen LogP contribution in [0.5, 0.6) is 0 Å². The van der Waals surface area contributed by atoms with E-state index in [1.165, 1.54) is 11.8 Å². The summed E-state index contributed by atoms with van der Waals surface area (Å²) in [6.07, 6.45) is -9.23. The molecule has 154 valence electrons.